The molecule has 1 aromatic rings. The fourth-order valence-electron chi connectivity index (χ4n) is 3.83. The molecule has 0 aromatic carbocycles. The number of hydrogen-bond acceptors (Lipinski definition) is 3. The second-order valence-corrected chi connectivity index (χ2v) is 6.67. The Balaban J connectivity index is 1.80. The minimum absolute atomic E-state index is 0.0848. The van der Waals surface area contributed by atoms with Crippen molar-refractivity contribution in [1.29, 1.82) is 0 Å². The molecular weight excluding hydrogens is 262 g/mol. The molecule has 0 bridgehead atoms. The highest BCUT2D eigenvalue weighted by molar-refractivity contribution is 5.33. The largest absolute Gasteiger partial charge is 0.311 e. The van der Waals surface area contributed by atoms with Crippen LogP contribution in [-0.2, 0) is 11.8 Å². The second-order valence-electron chi connectivity index (χ2n) is 6.67. The minimum atomic E-state index is 0.0848. The molecule has 114 valence electrons. The molecule has 21 heavy (non-hydrogen) atoms. The maximum Gasteiger partial charge on any atom is 0.254 e. The normalized spacial score (nSPS) is 21.8. The van der Waals surface area contributed by atoms with Gasteiger partial charge in [0, 0.05) is 17.5 Å². The molecule has 2 aliphatic rings. The molecule has 1 N–H and O–H groups in total. The van der Waals surface area contributed by atoms with E-state index in [2.05, 4.69) is 29.8 Å². The minimum Gasteiger partial charge on any atom is -0.311 e. The Morgan fingerprint density at radius 3 is 2.76 bits per heavy atom. The van der Waals surface area contributed by atoms with Gasteiger partial charge in [-0.2, -0.15) is 0 Å². The molecule has 1 saturated heterocycles. The molecule has 0 radical (unpaired) electrons. The third kappa shape index (κ3) is 2.57. The molecule has 0 unspecified atom stereocenters. The van der Waals surface area contributed by atoms with Crippen LogP contribution in [0.2, 0.25) is 0 Å². The topological polar surface area (TPSA) is 49.0 Å². The number of fused-ring (bicyclic) bond motifs is 2. The van der Waals surface area contributed by atoms with Crippen molar-refractivity contribution in [1.82, 2.24) is 14.9 Å². The van der Waals surface area contributed by atoms with Gasteiger partial charge in [-0.1, -0.05) is 11.6 Å². The molecule has 4 heteroatoms. The summed E-state index contributed by atoms with van der Waals surface area (Å²) in [6.07, 6.45) is 6.45. The van der Waals surface area contributed by atoms with E-state index in [1.54, 1.807) is 0 Å². The Kier molecular flexibility index (Phi) is 3.74. The number of aryl methyl sites for hydroxylation is 1. The van der Waals surface area contributed by atoms with Gasteiger partial charge >= 0.3 is 0 Å². The summed E-state index contributed by atoms with van der Waals surface area (Å²) in [5, 5.41) is 0. The average molecular weight is 287 g/mol. The first-order valence-electron chi connectivity index (χ1n) is 7.98. The molecule has 0 amide bonds. The van der Waals surface area contributed by atoms with Gasteiger partial charge in [-0.3, -0.25) is 9.69 Å². The lowest BCUT2D eigenvalue weighted by atomic mass is 9.76. The molecular formula is C17H25N3O. The monoisotopic (exact) mass is 287 g/mol. The Hall–Kier alpha value is -1.42. The molecule has 0 saturated carbocycles. The van der Waals surface area contributed by atoms with Gasteiger partial charge in [-0.05, 0) is 59.5 Å². The second kappa shape index (κ2) is 5.41. The number of rotatable bonds is 2. The van der Waals surface area contributed by atoms with E-state index >= 15 is 0 Å². The van der Waals surface area contributed by atoms with Crippen molar-refractivity contribution in [2.24, 2.45) is 0 Å². The van der Waals surface area contributed by atoms with Crippen LogP contribution in [-0.4, -0.2) is 34.5 Å². The molecule has 2 heterocycles. The molecule has 1 aliphatic heterocycles. The summed E-state index contributed by atoms with van der Waals surface area (Å²) in [7, 11) is 0. The Labute approximate surface area is 126 Å². The van der Waals surface area contributed by atoms with Gasteiger partial charge in [0.15, 0.2) is 0 Å². The first-order valence-corrected chi connectivity index (χ1v) is 7.98. The number of nitrogens with one attached hydrogen (secondary N) is 1. The quantitative estimate of drug-likeness (QED) is 0.849. The van der Waals surface area contributed by atoms with Gasteiger partial charge in [-0.25, -0.2) is 4.98 Å². The smallest absolute Gasteiger partial charge is 0.254 e. The highest BCUT2D eigenvalue weighted by Gasteiger charge is 2.43. The molecule has 4 nitrogen and oxygen atoms in total. The van der Waals surface area contributed by atoms with Crippen molar-refractivity contribution in [3.8, 4) is 0 Å². The number of H-pyrrole nitrogens is 1. The number of hydrogen-bond donors (Lipinski definition) is 1. The summed E-state index contributed by atoms with van der Waals surface area (Å²) in [4.78, 5) is 22.2. The van der Waals surface area contributed by atoms with Crippen LogP contribution in [0.25, 0.3) is 0 Å². The Morgan fingerprint density at radius 1 is 1.38 bits per heavy atom. The van der Waals surface area contributed by atoms with Crippen LogP contribution in [0.4, 0.5) is 0 Å². The molecule has 0 atom stereocenters. The number of aromatic amines is 1. The molecule has 1 aliphatic carbocycles. The standard InChI is InChI=1S/C17H25N3O/c1-4-12(2)11-20-9-7-17(8-10-20)6-5-14-15(17)18-13(3)19-16(14)21/h4H,5-11H2,1-3H3,(H,18,19,21). The zero-order valence-corrected chi connectivity index (χ0v) is 13.3. The van der Waals surface area contributed by atoms with Gasteiger partial charge in [-0.15, -0.1) is 0 Å². The Morgan fingerprint density at radius 2 is 2.10 bits per heavy atom. The van der Waals surface area contributed by atoms with Crippen LogP contribution in [0.5, 0.6) is 0 Å². The lowest BCUT2D eigenvalue weighted by Gasteiger charge is -2.39. The number of piperidine rings is 1. The zero-order valence-electron chi connectivity index (χ0n) is 13.3. The molecule has 1 fully saturated rings. The van der Waals surface area contributed by atoms with E-state index in [9.17, 15) is 4.79 Å². The van der Waals surface area contributed by atoms with Gasteiger partial charge < -0.3 is 4.98 Å². The van der Waals surface area contributed by atoms with E-state index in [1.807, 2.05) is 6.92 Å². The Bertz CT molecular complexity index is 621. The number of aromatic nitrogens is 2. The van der Waals surface area contributed by atoms with Crippen LogP contribution in [0.3, 0.4) is 0 Å². The summed E-state index contributed by atoms with van der Waals surface area (Å²) >= 11 is 0. The van der Waals surface area contributed by atoms with Crippen molar-refractivity contribution in [2.45, 2.75) is 51.9 Å². The van der Waals surface area contributed by atoms with Gasteiger partial charge in [0.05, 0.1) is 5.69 Å². The lowest BCUT2D eigenvalue weighted by molar-refractivity contribution is 0.166. The van der Waals surface area contributed by atoms with Crippen molar-refractivity contribution >= 4 is 0 Å². The molecule has 1 aromatic heterocycles. The lowest BCUT2D eigenvalue weighted by Crippen LogP contribution is -2.42. The van der Waals surface area contributed by atoms with E-state index in [1.165, 1.54) is 5.57 Å². The highest BCUT2D eigenvalue weighted by Crippen LogP contribution is 2.44. The number of nitrogens with zero attached hydrogens (tertiary/aromatic N) is 2. The van der Waals surface area contributed by atoms with Crippen molar-refractivity contribution in [2.75, 3.05) is 19.6 Å². The van der Waals surface area contributed by atoms with Crippen molar-refractivity contribution in [3.63, 3.8) is 0 Å². The van der Waals surface area contributed by atoms with Crippen LogP contribution in [0.1, 0.15) is 50.2 Å². The fourth-order valence-corrected chi connectivity index (χ4v) is 3.83. The average Bonchev–Trinajstić information content (AvgIpc) is 2.81. The summed E-state index contributed by atoms with van der Waals surface area (Å²) in [5.41, 5.74) is 3.73. The molecule has 3 rings (SSSR count). The van der Waals surface area contributed by atoms with Crippen molar-refractivity contribution < 1.29 is 0 Å². The van der Waals surface area contributed by atoms with Crippen LogP contribution >= 0.6 is 0 Å². The maximum atomic E-state index is 12.1. The van der Waals surface area contributed by atoms with E-state index in [0.717, 1.165) is 62.4 Å². The van der Waals surface area contributed by atoms with Crippen LogP contribution < -0.4 is 5.56 Å². The predicted octanol–water partition coefficient (Wildman–Crippen LogP) is 2.32. The fraction of sp³-hybridized carbons (Fsp3) is 0.647. The van der Waals surface area contributed by atoms with Crippen molar-refractivity contribution in [3.05, 3.63) is 39.1 Å². The summed E-state index contributed by atoms with van der Waals surface area (Å²) in [6, 6.07) is 0. The first kappa shape index (κ1) is 14.5. The van der Waals surface area contributed by atoms with E-state index < -0.39 is 0 Å². The summed E-state index contributed by atoms with van der Waals surface area (Å²) in [6.45, 7) is 9.47. The van der Waals surface area contributed by atoms with E-state index in [4.69, 9.17) is 4.98 Å². The van der Waals surface area contributed by atoms with E-state index in [0.29, 0.717) is 0 Å². The number of likely N-dealkylation sites (tertiary alicyclic amines) is 1. The van der Waals surface area contributed by atoms with Crippen LogP contribution in [0.15, 0.2) is 16.4 Å². The maximum absolute atomic E-state index is 12.1. The summed E-state index contributed by atoms with van der Waals surface area (Å²) < 4.78 is 0. The highest BCUT2D eigenvalue weighted by atomic mass is 16.1. The van der Waals surface area contributed by atoms with E-state index in [-0.39, 0.29) is 11.0 Å². The van der Waals surface area contributed by atoms with Crippen LogP contribution in [0, 0.1) is 6.92 Å². The third-order valence-corrected chi connectivity index (χ3v) is 5.27. The summed E-state index contributed by atoms with van der Waals surface area (Å²) in [5.74, 6) is 0.757. The van der Waals surface area contributed by atoms with Gasteiger partial charge in [0.25, 0.3) is 5.56 Å². The zero-order chi connectivity index (χ0) is 15.0. The first-order chi connectivity index (χ1) is 10.0. The number of allylic oxidation sites excluding steroid dienone is 1. The van der Waals surface area contributed by atoms with Gasteiger partial charge in [0.1, 0.15) is 5.82 Å². The van der Waals surface area contributed by atoms with Gasteiger partial charge in [0.2, 0.25) is 0 Å². The molecule has 1 spiro atoms. The SMILES string of the molecule is CC=C(C)CN1CCC2(CCc3c2nc(C)[nH]c3=O)CC1. The third-order valence-electron chi connectivity index (χ3n) is 5.27. The predicted molar refractivity (Wildman–Crippen MR) is 84.7 cm³/mol.